The molecule has 0 saturated carbocycles. The van der Waals surface area contributed by atoms with Crippen LogP contribution in [0.4, 0.5) is 4.39 Å². The van der Waals surface area contributed by atoms with E-state index in [-0.39, 0.29) is 17.8 Å². The molecule has 0 fully saturated rings. The first-order chi connectivity index (χ1) is 13.1. The number of nitrogens with zero attached hydrogens (tertiary/aromatic N) is 1. The summed E-state index contributed by atoms with van der Waals surface area (Å²) in [6.07, 6.45) is 3.92. The van der Waals surface area contributed by atoms with Crippen molar-refractivity contribution in [3.8, 4) is 5.75 Å². The van der Waals surface area contributed by atoms with Gasteiger partial charge in [0.05, 0.1) is 19.4 Å². The molecule has 0 spiro atoms. The number of nitrogens with one attached hydrogen (secondary N) is 1. The number of hydrogen-bond acceptors (Lipinski definition) is 4. The fourth-order valence-electron chi connectivity index (χ4n) is 2.73. The van der Waals surface area contributed by atoms with Crippen molar-refractivity contribution in [3.05, 3.63) is 71.6 Å². The maximum Gasteiger partial charge on any atom is 0.244 e. The van der Waals surface area contributed by atoms with Crippen molar-refractivity contribution < 1.29 is 18.8 Å². The summed E-state index contributed by atoms with van der Waals surface area (Å²) < 4.78 is 18.7. The van der Waals surface area contributed by atoms with Crippen LogP contribution < -0.4 is 10.1 Å². The van der Waals surface area contributed by atoms with Crippen molar-refractivity contribution in [2.75, 3.05) is 13.7 Å². The van der Waals surface area contributed by atoms with Crippen molar-refractivity contribution >= 4 is 17.7 Å². The second-order valence-corrected chi connectivity index (χ2v) is 6.21. The van der Waals surface area contributed by atoms with Crippen LogP contribution in [0.25, 0.3) is 6.08 Å². The minimum Gasteiger partial charge on any atom is -0.497 e. The molecule has 1 atom stereocenters. The number of carbonyl (C=O) groups is 1. The third-order valence-electron chi connectivity index (χ3n) is 4.18. The minimum absolute atomic E-state index is 0.191. The zero-order valence-electron chi connectivity index (χ0n) is 15.0. The second kappa shape index (κ2) is 8.98. The average Bonchev–Trinajstić information content (AvgIpc) is 3.13. The Balaban J connectivity index is 1.42. The molecule has 1 unspecified atom stereocenters. The van der Waals surface area contributed by atoms with Crippen LogP contribution in [0.3, 0.4) is 0 Å². The largest absolute Gasteiger partial charge is 0.497 e. The zero-order chi connectivity index (χ0) is 19.1. The summed E-state index contributed by atoms with van der Waals surface area (Å²) in [4.78, 5) is 17.3. The summed E-state index contributed by atoms with van der Waals surface area (Å²) in [5, 5.41) is 6.86. The number of amides is 1. The van der Waals surface area contributed by atoms with Crippen molar-refractivity contribution in [2.45, 2.75) is 18.9 Å². The Hall–Kier alpha value is -3.15. The highest BCUT2D eigenvalue weighted by atomic mass is 19.1. The molecule has 140 valence electrons. The number of rotatable bonds is 7. The predicted octanol–water partition coefficient (Wildman–Crippen LogP) is 3.35. The van der Waals surface area contributed by atoms with Gasteiger partial charge in [0.25, 0.3) is 0 Å². The van der Waals surface area contributed by atoms with Crippen LogP contribution in [-0.2, 0) is 16.1 Å². The molecule has 0 saturated heterocycles. The molecule has 3 rings (SSSR count). The maximum atomic E-state index is 13.5. The predicted molar refractivity (Wildman–Crippen MR) is 102 cm³/mol. The highest BCUT2D eigenvalue weighted by molar-refractivity contribution is 5.92. The zero-order valence-corrected chi connectivity index (χ0v) is 15.0. The molecule has 1 aliphatic rings. The monoisotopic (exact) mass is 368 g/mol. The maximum absolute atomic E-state index is 13.5. The molecule has 1 aliphatic heterocycles. The van der Waals surface area contributed by atoms with E-state index in [1.807, 2.05) is 24.3 Å². The molecule has 0 aliphatic carbocycles. The molecular formula is C21H21FN2O3. The number of methoxy groups -OCH3 is 1. The number of benzene rings is 2. The van der Waals surface area contributed by atoms with E-state index in [1.54, 1.807) is 25.3 Å². The average molecular weight is 368 g/mol. The van der Waals surface area contributed by atoms with E-state index >= 15 is 0 Å². The van der Waals surface area contributed by atoms with E-state index in [4.69, 9.17) is 9.57 Å². The molecule has 0 aromatic heterocycles. The lowest BCUT2D eigenvalue weighted by Gasteiger charge is -2.08. The van der Waals surface area contributed by atoms with Crippen molar-refractivity contribution in [1.82, 2.24) is 5.32 Å². The lowest BCUT2D eigenvalue weighted by atomic mass is 10.0. The van der Waals surface area contributed by atoms with Gasteiger partial charge in [-0.2, -0.15) is 0 Å². The number of halogens is 1. The smallest absolute Gasteiger partial charge is 0.244 e. The van der Waals surface area contributed by atoms with Crippen LogP contribution in [-0.4, -0.2) is 31.4 Å². The molecule has 2 aromatic rings. The summed E-state index contributed by atoms with van der Waals surface area (Å²) in [6.45, 7) is 0.343. The van der Waals surface area contributed by atoms with Gasteiger partial charge >= 0.3 is 0 Å². The second-order valence-electron chi connectivity index (χ2n) is 6.21. The molecule has 1 heterocycles. The van der Waals surface area contributed by atoms with E-state index in [2.05, 4.69) is 10.5 Å². The van der Waals surface area contributed by atoms with Crippen LogP contribution in [0.15, 0.2) is 59.8 Å². The molecule has 6 heteroatoms. The highest BCUT2D eigenvalue weighted by Crippen LogP contribution is 2.16. The molecular weight excluding hydrogens is 347 g/mol. The summed E-state index contributed by atoms with van der Waals surface area (Å²) in [7, 11) is 1.63. The van der Waals surface area contributed by atoms with Gasteiger partial charge < -0.3 is 14.9 Å². The van der Waals surface area contributed by atoms with Gasteiger partial charge in [-0.25, -0.2) is 4.39 Å². The first-order valence-electron chi connectivity index (χ1n) is 8.69. The fourth-order valence-corrected chi connectivity index (χ4v) is 2.73. The Morgan fingerprint density at radius 1 is 1.30 bits per heavy atom. The van der Waals surface area contributed by atoms with Gasteiger partial charge in [-0.1, -0.05) is 35.5 Å². The lowest BCUT2D eigenvalue weighted by Crippen LogP contribution is -2.31. The number of oxime groups is 1. The third kappa shape index (κ3) is 5.41. The van der Waals surface area contributed by atoms with Crippen molar-refractivity contribution in [1.29, 1.82) is 0 Å². The van der Waals surface area contributed by atoms with Gasteiger partial charge in [-0.3, -0.25) is 4.79 Å². The quantitative estimate of drug-likeness (QED) is 0.763. The Labute approximate surface area is 157 Å². The molecule has 1 N–H and O–H groups in total. The van der Waals surface area contributed by atoms with Crippen LogP contribution in [0.1, 0.15) is 17.5 Å². The van der Waals surface area contributed by atoms with Gasteiger partial charge in [0.2, 0.25) is 5.91 Å². The SMILES string of the molecule is COc1ccc(CC2=NOC(CNC(=O)/C=C/c3ccccc3F)C2)cc1. The van der Waals surface area contributed by atoms with Gasteiger partial charge in [-0.05, 0) is 29.8 Å². The first kappa shape index (κ1) is 18.6. The standard InChI is InChI=1S/C21H21FN2O3/c1-26-18-9-6-15(7-10-18)12-17-13-19(27-24-17)14-23-21(25)11-8-16-4-2-3-5-20(16)22/h2-11,19H,12-14H2,1H3,(H,23,25)/b11-8+. The molecule has 5 nitrogen and oxygen atoms in total. The fraction of sp³-hybridized carbons (Fsp3) is 0.238. The molecule has 2 aromatic carbocycles. The van der Waals surface area contributed by atoms with E-state index < -0.39 is 0 Å². The van der Waals surface area contributed by atoms with Crippen LogP contribution in [0.2, 0.25) is 0 Å². The summed E-state index contributed by atoms with van der Waals surface area (Å²) in [5.41, 5.74) is 2.42. The van der Waals surface area contributed by atoms with Crippen LogP contribution in [0, 0.1) is 5.82 Å². The Morgan fingerprint density at radius 2 is 2.07 bits per heavy atom. The lowest BCUT2D eigenvalue weighted by molar-refractivity contribution is -0.117. The Morgan fingerprint density at radius 3 is 2.81 bits per heavy atom. The van der Waals surface area contributed by atoms with E-state index in [1.165, 1.54) is 18.2 Å². The van der Waals surface area contributed by atoms with E-state index in [0.717, 1.165) is 17.0 Å². The number of hydrogen-bond donors (Lipinski definition) is 1. The number of ether oxygens (including phenoxy) is 1. The van der Waals surface area contributed by atoms with Crippen molar-refractivity contribution in [3.63, 3.8) is 0 Å². The van der Waals surface area contributed by atoms with Crippen LogP contribution >= 0.6 is 0 Å². The van der Waals surface area contributed by atoms with E-state index in [9.17, 15) is 9.18 Å². The molecule has 27 heavy (non-hydrogen) atoms. The summed E-state index contributed by atoms with van der Waals surface area (Å²) in [6, 6.07) is 14.1. The Kier molecular flexibility index (Phi) is 6.20. The Bertz CT molecular complexity index is 847. The first-order valence-corrected chi connectivity index (χ1v) is 8.69. The van der Waals surface area contributed by atoms with Gasteiger partial charge in [-0.15, -0.1) is 0 Å². The normalized spacial score (nSPS) is 16.1. The molecule has 0 bridgehead atoms. The summed E-state index contributed by atoms with van der Waals surface area (Å²) in [5.74, 6) is 0.148. The van der Waals surface area contributed by atoms with Crippen LogP contribution in [0.5, 0.6) is 5.75 Å². The number of carbonyl (C=O) groups excluding carboxylic acids is 1. The summed E-state index contributed by atoms with van der Waals surface area (Å²) >= 11 is 0. The highest BCUT2D eigenvalue weighted by Gasteiger charge is 2.21. The third-order valence-corrected chi connectivity index (χ3v) is 4.18. The minimum atomic E-state index is -0.364. The van der Waals surface area contributed by atoms with Crippen molar-refractivity contribution in [2.24, 2.45) is 5.16 Å². The topological polar surface area (TPSA) is 59.9 Å². The molecule has 1 amide bonds. The van der Waals surface area contributed by atoms with E-state index in [0.29, 0.717) is 24.9 Å². The van der Waals surface area contributed by atoms with Gasteiger partial charge in [0.15, 0.2) is 0 Å². The van der Waals surface area contributed by atoms with Gasteiger partial charge in [0, 0.05) is 24.5 Å². The molecule has 0 radical (unpaired) electrons. The van der Waals surface area contributed by atoms with Gasteiger partial charge in [0.1, 0.15) is 17.7 Å².